The molecular formula is C25H40N12O7S. The van der Waals surface area contributed by atoms with Crippen molar-refractivity contribution in [3.05, 3.63) is 36.4 Å². The summed E-state index contributed by atoms with van der Waals surface area (Å²) in [5.74, 6) is -5.06. The van der Waals surface area contributed by atoms with Crippen molar-refractivity contribution in [1.29, 1.82) is 0 Å². The van der Waals surface area contributed by atoms with Crippen LogP contribution in [0.3, 0.4) is 0 Å². The van der Waals surface area contributed by atoms with Gasteiger partial charge in [-0.3, -0.25) is 24.2 Å². The number of aliphatic hydroxyl groups is 1. The van der Waals surface area contributed by atoms with E-state index in [-0.39, 0.29) is 43.9 Å². The minimum absolute atomic E-state index is 0.00751. The molecule has 0 bridgehead atoms. The molecule has 0 aliphatic heterocycles. The van der Waals surface area contributed by atoms with Gasteiger partial charge in [-0.25, -0.2) is 14.8 Å². The molecule has 0 unspecified atom stereocenters. The van der Waals surface area contributed by atoms with E-state index in [2.05, 4.69) is 58.8 Å². The molecule has 20 heteroatoms. The van der Waals surface area contributed by atoms with Crippen LogP contribution < -0.4 is 38.5 Å². The third-order valence-corrected chi connectivity index (χ3v) is 6.75. The molecule has 6 atom stereocenters. The van der Waals surface area contributed by atoms with E-state index in [9.17, 15) is 34.2 Å². The summed E-state index contributed by atoms with van der Waals surface area (Å²) in [7, 11) is 0. The van der Waals surface area contributed by atoms with Crippen LogP contribution in [0.25, 0.3) is 0 Å². The van der Waals surface area contributed by atoms with E-state index in [1.807, 2.05) is 0 Å². The Balaban J connectivity index is 2.10. The highest BCUT2D eigenvalue weighted by Gasteiger charge is 2.33. The van der Waals surface area contributed by atoms with Gasteiger partial charge in [0, 0.05) is 48.9 Å². The number of aromatic amines is 2. The van der Waals surface area contributed by atoms with Crippen LogP contribution in [0.15, 0.2) is 30.0 Å². The number of carboxylic acid groups (broad SMARTS) is 1. The quantitative estimate of drug-likeness (QED) is 0.0296. The van der Waals surface area contributed by atoms with E-state index in [1.54, 1.807) is 0 Å². The molecule has 2 heterocycles. The Morgan fingerprint density at radius 3 is 1.96 bits per heavy atom. The Hall–Kier alpha value is -4.69. The van der Waals surface area contributed by atoms with Gasteiger partial charge in [-0.1, -0.05) is 0 Å². The van der Waals surface area contributed by atoms with E-state index in [0.29, 0.717) is 11.4 Å². The maximum Gasteiger partial charge on any atom is 0.326 e. The number of carboxylic acids is 1. The number of carbonyl (C=O) groups is 5. The van der Waals surface area contributed by atoms with Gasteiger partial charge in [-0.15, -0.1) is 0 Å². The largest absolute Gasteiger partial charge is 0.480 e. The molecule has 2 rings (SSSR count). The molecular weight excluding hydrogens is 612 g/mol. The first kappa shape index (κ1) is 36.5. The van der Waals surface area contributed by atoms with Crippen LogP contribution in [0.5, 0.6) is 0 Å². The zero-order chi connectivity index (χ0) is 33.5. The molecule has 45 heavy (non-hydrogen) atoms. The summed E-state index contributed by atoms with van der Waals surface area (Å²) < 4.78 is 0. The van der Waals surface area contributed by atoms with Crippen molar-refractivity contribution in [2.45, 2.75) is 68.9 Å². The maximum absolute atomic E-state index is 13.3. The third kappa shape index (κ3) is 12.4. The number of aliphatic hydroxyl groups excluding tert-OH is 1. The van der Waals surface area contributed by atoms with Crippen LogP contribution in [-0.2, 0) is 36.8 Å². The first-order valence-corrected chi connectivity index (χ1v) is 14.4. The number of aliphatic carboxylic acids is 1. The van der Waals surface area contributed by atoms with Crippen molar-refractivity contribution in [3.63, 3.8) is 0 Å². The maximum atomic E-state index is 13.3. The molecule has 0 radical (unpaired) electrons. The molecule has 0 fully saturated rings. The van der Waals surface area contributed by atoms with E-state index in [0.717, 1.165) is 0 Å². The number of hydrogen-bond acceptors (Lipinski definition) is 11. The normalized spacial score (nSPS) is 14.9. The molecule has 2 aromatic heterocycles. The van der Waals surface area contributed by atoms with Crippen molar-refractivity contribution in [2.75, 3.05) is 12.3 Å². The number of amides is 4. The fraction of sp³-hybridized carbons (Fsp3) is 0.520. The topological polar surface area (TPSA) is 322 Å². The number of thiol groups is 1. The minimum Gasteiger partial charge on any atom is -0.480 e. The summed E-state index contributed by atoms with van der Waals surface area (Å²) in [6.07, 6.45) is 4.58. The van der Waals surface area contributed by atoms with Gasteiger partial charge in [0.2, 0.25) is 23.6 Å². The average molecular weight is 653 g/mol. The minimum atomic E-state index is -1.58. The molecule has 0 saturated heterocycles. The number of aliphatic imine (C=N–C) groups is 1. The van der Waals surface area contributed by atoms with Gasteiger partial charge in [0.15, 0.2) is 5.96 Å². The lowest BCUT2D eigenvalue weighted by Gasteiger charge is -2.27. The van der Waals surface area contributed by atoms with Crippen molar-refractivity contribution in [1.82, 2.24) is 41.2 Å². The van der Waals surface area contributed by atoms with E-state index < -0.39 is 65.9 Å². The number of nitrogens with zero attached hydrogens (tertiary/aromatic N) is 3. The number of carbonyl (C=O) groups excluding carboxylic acids is 4. The predicted molar refractivity (Wildman–Crippen MR) is 163 cm³/mol. The molecule has 0 spiro atoms. The monoisotopic (exact) mass is 652 g/mol. The first-order chi connectivity index (χ1) is 21.3. The zero-order valence-corrected chi connectivity index (χ0v) is 25.4. The molecule has 0 aliphatic rings. The number of nitrogens with two attached hydrogens (primary N) is 3. The molecule has 14 N–H and O–H groups in total. The van der Waals surface area contributed by atoms with Crippen LogP contribution in [0.2, 0.25) is 0 Å². The van der Waals surface area contributed by atoms with Gasteiger partial charge in [0.1, 0.15) is 24.2 Å². The van der Waals surface area contributed by atoms with Gasteiger partial charge in [0.05, 0.1) is 24.8 Å². The zero-order valence-electron chi connectivity index (χ0n) is 24.5. The molecule has 0 aliphatic carbocycles. The average Bonchev–Trinajstić information content (AvgIpc) is 3.69. The molecule has 0 aromatic carbocycles. The molecule has 248 valence electrons. The summed E-state index contributed by atoms with van der Waals surface area (Å²) >= 11 is 4.08. The lowest BCUT2D eigenvalue weighted by atomic mass is 10.1. The molecule has 0 saturated carbocycles. The summed E-state index contributed by atoms with van der Waals surface area (Å²) in [5, 5.41) is 29.5. The van der Waals surface area contributed by atoms with Crippen molar-refractivity contribution in [3.8, 4) is 0 Å². The summed E-state index contributed by atoms with van der Waals surface area (Å²) in [4.78, 5) is 81.0. The van der Waals surface area contributed by atoms with Crippen LogP contribution in [0.4, 0.5) is 0 Å². The predicted octanol–water partition coefficient (Wildman–Crippen LogP) is -4.37. The van der Waals surface area contributed by atoms with Gasteiger partial charge in [0.25, 0.3) is 0 Å². The fourth-order valence-corrected chi connectivity index (χ4v) is 4.24. The Labute approximate surface area is 263 Å². The Morgan fingerprint density at radius 1 is 0.889 bits per heavy atom. The smallest absolute Gasteiger partial charge is 0.326 e. The summed E-state index contributed by atoms with van der Waals surface area (Å²) in [6, 6.07) is -6.53. The summed E-state index contributed by atoms with van der Waals surface area (Å²) in [5.41, 5.74) is 17.6. The second-order valence-electron chi connectivity index (χ2n) is 10.0. The Bertz CT molecular complexity index is 1290. The van der Waals surface area contributed by atoms with Crippen molar-refractivity contribution < 1.29 is 34.2 Å². The number of rotatable bonds is 19. The second-order valence-corrected chi connectivity index (χ2v) is 10.4. The van der Waals surface area contributed by atoms with Crippen LogP contribution in [0.1, 0.15) is 31.2 Å². The van der Waals surface area contributed by atoms with Crippen molar-refractivity contribution >= 4 is 48.2 Å². The Morgan fingerprint density at radius 2 is 1.44 bits per heavy atom. The van der Waals surface area contributed by atoms with E-state index in [1.165, 1.54) is 32.0 Å². The lowest BCUT2D eigenvalue weighted by Crippen LogP contribution is -2.61. The van der Waals surface area contributed by atoms with Crippen LogP contribution in [0, 0.1) is 0 Å². The highest BCUT2D eigenvalue weighted by molar-refractivity contribution is 7.80. The molecule has 2 aromatic rings. The number of hydrogen-bond donors (Lipinski definition) is 12. The van der Waals surface area contributed by atoms with E-state index in [4.69, 9.17) is 17.2 Å². The lowest BCUT2D eigenvalue weighted by molar-refractivity contribution is -0.142. The first-order valence-electron chi connectivity index (χ1n) is 13.8. The number of aromatic nitrogens is 4. The highest BCUT2D eigenvalue weighted by Crippen LogP contribution is 2.05. The number of guanidine groups is 1. The van der Waals surface area contributed by atoms with Gasteiger partial charge < -0.3 is 58.6 Å². The molecule has 19 nitrogen and oxygen atoms in total. The van der Waals surface area contributed by atoms with Crippen molar-refractivity contribution in [2.24, 2.45) is 22.2 Å². The van der Waals surface area contributed by atoms with Crippen LogP contribution in [-0.4, -0.2) is 114 Å². The number of nitrogens with one attached hydrogen (secondary N) is 6. The second kappa shape index (κ2) is 18.2. The fourth-order valence-electron chi connectivity index (χ4n) is 3.98. The standard InChI is InChI=1S/C25H40N12O7S/c1-12(38)19(23(42)36-18(9-45)22(41)34-16(24(43)44)3-2-4-31-25(27)28)37-21(40)17(6-14-8-30-11-33-14)35-20(39)15(26)5-13-7-29-10-32-13/h7-8,10-12,15-19,38,45H,2-6,9,26H2,1H3,(H,29,32)(H,30,33)(H,34,41)(H,35,39)(H,36,42)(H,37,40)(H,43,44)(H4,27,28,31)/t12-,15+,16+,17+,18+,19+/m1/s1. The SMILES string of the molecule is C[C@@H](O)[C@H](NC(=O)[C@H](Cc1cnc[nH]1)NC(=O)[C@@H](N)Cc1cnc[nH]1)C(=O)N[C@@H](CS)C(=O)N[C@@H](CCCN=C(N)N)C(=O)O. The highest BCUT2D eigenvalue weighted by atomic mass is 32.1. The number of imidazole rings is 2. The third-order valence-electron chi connectivity index (χ3n) is 6.38. The van der Waals surface area contributed by atoms with Gasteiger partial charge >= 0.3 is 5.97 Å². The van der Waals surface area contributed by atoms with Gasteiger partial charge in [-0.05, 0) is 19.8 Å². The summed E-state index contributed by atoms with van der Waals surface area (Å²) in [6.45, 7) is 1.38. The van der Waals surface area contributed by atoms with Gasteiger partial charge in [-0.2, -0.15) is 12.6 Å². The van der Waals surface area contributed by atoms with Crippen LogP contribution >= 0.6 is 12.6 Å². The number of H-pyrrole nitrogens is 2. The molecule has 4 amide bonds. The Kier molecular flexibility index (Phi) is 14.8. The van der Waals surface area contributed by atoms with E-state index >= 15 is 0 Å².